The molecule has 1 aromatic carbocycles. The Morgan fingerprint density at radius 1 is 1.28 bits per heavy atom. The zero-order chi connectivity index (χ0) is 13.0. The Labute approximate surface area is 107 Å². The number of halogens is 2. The summed E-state index contributed by atoms with van der Waals surface area (Å²) in [7, 11) is 1.99. The standard InChI is InChI=1S/C14H20F2N2/c1-18(12-5-3-8-17-9-7-12)10-11-4-2-6-13(15)14(11)16/h2,4,6,12,17H,3,5,7-10H2,1H3. The van der Waals surface area contributed by atoms with E-state index in [4.69, 9.17) is 0 Å². The van der Waals surface area contributed by atoms with Crippen molar-refractivity contribution in [3.05, 3.63) is 35.4 Å². The molecule has 0 aromatic heterocycles. The Morgan fingerprint density at radius 2 is 2.11 bits per heavy atom. The molecule has 1 atom stereocenters. The van der Waals surface area contributed by atoms with Crippen LogP contribution >= 0.6 is 0 Å². The molecular weight excluding hydrogens is 234 g/mol. The van der Waals surface area contributed by atoms with Crippen molar-refractivity contribution in [2.24, 2.45) is 0 Å². The first kappa shape index (κ1) is 13.4. The molecule has 1 unspecified atom stereocenters. The average molecular weight is 254 g/mol. The van der Waals surface area contributed by atoms with Crippen molar-refractivity contribution in [2.45, 2.75) is 31.8 Å². The highest BCUT2D eigenvalue weighted by molar-refractivity contribution is 5.18. The van der Waals surface area contributed by atoms with Gasteiger partial charge in [-0.1, -0.05) is 12.1 Å². The lowest BCUT2D eigenvalue weighted by Gasteiger charge is -2.27. The Kier molecular flexibility index (Phi) is 4.66. The maximum Gasteiger partial charge on any atom is 0.163 e. The van der Waals surface area contributed by atoms with Gasteiger partial charge in [-0.2, -0.15) is 0 Å². The van der Waals surface area contributed by atoms with Crippen LogP contribution in [-0.4, -0.2) is 31.1 Å². The van der Waals surface area contributed by atoms with Crippen LogP contribution < -0.4 is 5.32 Å². The Balaban J connectivity index is 2.01. The lowest BCUT2D eigenvalue weighted by molar-refractivity contribution is 0.213. The molecular formula is C14H20F2N2. The van der Waals surface area contributed by atoms with Crippen LogP contribution in [0.25, 0.3) is 0 Å². The van der Waals surface area contributed by atoms with Gasteiger partial charge in [0.05, 0.1) is 0 Å². The van der Waals surface area contributed by atoms with Crippen molar-refractivity contribution >= 4 is 0 Å². The minimum atomic E-state index is -0.761. The zero-order valence-electron chi connectivity index (χ0n) is 10.8. The van der Waals surface area contributed by atoms with Gasteiger partial charge in [-0.25, -0.2) is 8.78 Å². The smallest absolute Gasteiger partial charge is 0.163 e. The van der Waals surface area contributed by atoms with Gasteiger partial charge in [0.1, 0.15) is 0 Å². The second-order valence-corrected chi connectivity index (χ2v) is 4.96. The first-order valence-corrected chi connectivity index (χ1v) is 6.52. The predicted molar refractivity (Wildman–Crippen MR) is 68.3 cm³/mol. The molecule has 0 saturated carbocycles. The molecule has 2 rings (SSSR count). The summed E-state index contributed by atoms with van der Waals surface area (Å²) in [5.41, 5.74) is 0.440. The lowest BCUT2D eigenvalue weighted by Crippen LogP contribution is -2.32. The zero-order valence-corrected chi connectivity index (χ0v) is 10.8. The molecule has 0 bridgehead atoms. The third kappa shape index (κ3) is 3.27. The van der Waals surface area contributed by atoms with Crippen molar-refractivity contribution in [1.82, 2.24) is 10.2 Å². The number of hydrogen-bond donors (Lipinski definition) is 1. The van der Waals surface area contributed by atoms with E-state index in [9.17, 15) is 8.78 Å². The molecule has 1 saturated heterocycles. The summed E-state index contributed by atoms with van der Waals surface area (Å²) in [6.07, 6.45) is 3.31. The second-order valence-electron chi connectivity index (χ2n) is 4.96. The summed E-state index contributed by atoms with van der Waals surface area (Å²) in [5.74, 6) is -1.47. The number of rotatable bonds is 3. The predicted octanol–water partition coefficient (Wildman–Crippen LogP) is 2.54. The molecule has 0 amide bonds. The highest BCUT2D eigenvalue weighted by atomic mass is 19.2. The minimum absolute atomic E-state index is 0.440. The van der Waals surface area contributed by atoms with Gasteiger partial charge in [-0.3, -0.25) is 4.90 Å². The van der Waals surface area contributed by atoms with E-state index in [2.05, 4.69) is 10.2 Å². The van der Waals surface area contributed by atoms with Crippen LogP contribution in [0.5, 0.6) is 0 Å². The van der Waals surface area contributed by atoms with Gasteiger partial charge in [-0.05, 0) is 45.5 Å². The Hall–Kier alpha value is -1.00. The fraction of sp³-hybridized carbons (Fsp3) is 0.571. The molecule has 18 heavy (non-hydrogen) atoms. The molecule has 1 N–H and O–H groups in total. The molecule has 1 fully saturated rings. The van der Waals surface area contributed by atoms with E-state index in [-0.39, 0.29) is 0 Å². The van der Waals surface area contributed by atoms with Gasteiger partial charge in [0.15, 0.2) is 11.6 Å². The van der Waals surface area contributed by atoms with E-state index in [1.165, 1.54) is 0 Å². The fourth-order valence-electron chi connectivity index (χ4n) is 2.51. The Bertz CT molecular complexity index is 387. The molecule has 0 radical (unpaired) electrons. The first-order valence-electron chi connectivity index (χ1n) is 6.52. The quantitative estimate of drug-likeness (QED) is 0.891. The monoisotopic (exact) mass is 254 g/mol. The van der Waals surface area contributed by atoms with Gasteiger partial charge in [-0.15, -0.1) is 0 Å². The minimum Gasteiger partial charge on any atom is -0.317 e. The van der Waals surface area contributed by atoms with Gasteiger partial charge < -0.3 is 5.32 Å². The van der Waals surface area contributed by atoms with Crippen LogP contribution in [0.3, 0.4) is 0 Å². The number of nitrogens with zero attached hydrogens (tertiary/aromatic N) is 1. The van der Waals surface area contributed by atoms with Crippen LogP contribution in [0.15, 0.2) is 18.2 Å². The maximum absolute atomic E-state index is 13.6. The van der Waals surface area contributed by atoms with Crippen molar-refractivity contribution in [3.8, 4) is 0 Å². The molecule has 1 aliphatic rings. The molecule has 0 aliphatic carbocycles. The molecule has 1 aromatic rings. The van der Waals surface area contributed by atoms with Crippen LogP contribution in [0.1, 0.15) is 24.8 Å². The summed E-state index contributed by atoms with van der Waals surface area (Å²) in [4.78, 5) is 2.13. The van der Waals surface area contributed by atoms with E-state index in [0.717, 1.165) is 38.4 Å². The van der Waals surface area contributed by atoms with Gasteiger partial charge in [0.2, 0.25) is 0 Å². The van der Waals surface area contributed by atoms with Crippen molar-refractivity contribution < 1.29 is 8.78 Å². The molecule has 4 heteroatoms. The number of benzene rings is 1. The third-order valence-electron chi connectivity index (χ3n) is 3.62. The normalized spacial score (nSPS) is 21.0. The molecule has 1 aliphatic heterocycles. The van der Waals surface area contributed by atoms with Crippen LogP contribution in [0.2, 0.25) is 0 Å². The highest BCUT2D eigenvalue weighted by Crippen LogP contribution is 2.18. The van der Waals surface area contributed by atoms with Gasteiger partial charge >= 0.3 is 0 Å². The van der Waals surface area contributed by atoms with Crippen LogP contribution in [-0.2, 0) is 6.54 Å². The average Bonchev–Trinajstić information content (AvgIpc) is 2.63. The van der Waals surface area contributed by atoms with Crippen molar-refractivity contribution in [2.75, 3.05) is 20.1 Å². The van der Waals surface area contributed by atoms with E-state index in [1.807, 2.05) is 7.05 Å². The molecule has 100 valence electrons. The topological polar surface area (TPSA) is 15.3 Å². The highest BCUT2D eigenvalue weighted by Gasteiger charge is 2.18. The summed E-state index contributed by atoms with van der Waals surface area (Å²) >= 11 is 0. The lowest BCUT2D eigenvalue weighted by atomic mass is 10.1. The summed E-state index contributed by atoms with van der Waals surface area (Å²) in [6.45, 7) is 2.52. The van der Waals surface area contributed by atoms with E-state index >= 15 is 0 Å². The Morgan fingerprint density at radius 3 is 2.94 bits per heavy atom. The second kappa shape index (κ2) is 6.25. The summed E-state index contributed by atoms with van der Waals surface area (Å²) in [6, 6.07) is 4.83. The van der Waals surface area contributed by atoms with Crippen LogP contribution in [0, 0.1) is 11.6 Å². The van der Waals surface area contributed by atoms with Crippen LogP contribution in [0.4, 0.5) is 8.78 Å². The van der Waals surface area contributed by atoms with Gasteiger partial charge in [0, 0.05) is 18.2 Å². The van der Waals surface area contributed by atoms with Crippen molar-refractivity contribution in [3.63, 3.8) is 0 Å². The SMILES string of the molecule is CN(Cc1cccc(F)c1F)C1CCCNCC1. The third-order valence-corrected chi connectivity index (χ3v) is 3.62. The van der Waals surface area contributed by atoms with Crippen molar-refractivity contribution in [1.29, 1.82) is 0 Å². The van der Waals surface area contributed by atoms with E-state index in [0.29, 0.717) is 18.2 Å². The first-order chi connectivity index (χ1) is 8.68. The number of nitrogens with one attached hydrogen (secondary N) is 1. The maximum atomic E-state index is 13.6. The molecule has 2 nitrogen and oxygen atoms in total. The van der Waals surface area contributed by atoms with E-state index in [1.54, 1.807) is 12.1 Å². The fourth-order valence-corrected chi connectivity index (χ4v) is 2.51. The van der Waals surface area contributed by atoms with E-state index < -0.39 is 11.6 Å². The van der Waals surface area contributed by atoms with Gasteiger partial charge in [0.25, 0.3) is 0 Å². The number of hydrogen-bond acceptors (Lipinski definition) is 2. The largest absolute Gasteiger partial charge is 0.317 e. The summed E-state index contributed by atoms with van der Waals surface area (Å²) in [5, 5.41) is 3.36. The summed E-state index contributed by atoms with van der Waals surface area (Å²) < 4.78 is 26.7. The molecule has 0 spiro atoms. The molecule has 1 heterocycles.